The highest BCUT2D eigenvalue weighted by molar-refractivity contribution is 5.99. The standard InChI is InChI=1S/C23H25N7O5/c1-3-26(4-2)16-5-7-17(8-6-16)28(14-21(25)31)22(32)15-29-19-10-9-18(30(34)35)13-20(19)27(12-11-24)23(29)33/h5-10,13H,3-4,12,14-15H2,1-2H3,(H2,25,31). The van der Waals surface area contributed by atoms with Gasteiger partial charge in [0.1, 0.15) is 19.6 Å². The van der Waals surface area contributed by atoms with Crippen molar-refractivity contribution in [3.8, 4) is 6.07 Å². The highest BCUT2D eigenvalue weighted by atomic mass is 16.6. The molecule has 3 rings (SSSR count). The molecule has 0 aliphatic heterocycles. The number of nitro groups is 1. The number of carbonyl (C=O) groups is 2. The fourth-order valence-electron chi connectivity index (χ4n) is 3.93. The average Bonchev–Trinajstić information content (AvgIpc) is 3.09. The van der Waals surface area contributed by atoms with Crippen LogP contribution in [0.2, 0.25) is 0 Å². The molecule has 0 unspecified atom stereocenters. The van der Waals surface area contributed by atoms with E-state index in [1.807, 2.05) is 32.0 Å². The number of hydrogen-bond acceptors (Lipinski definition) is 7. The van der Waals surface area contributed by atoms with Crippen LogP contribution in [-0.4, -0.2) is 45.5 Å². The molecule has 1 aromatic heterocycles. The Kier molecular flexibility index (Phi) is 7.50. The second kappa shape index (κ2) is 10.5. The Hall–Kier alpha value is -4.66. The number of anilines is 2. The van der Waals surface area contributed by atoms with Crippen LogP contribution < -0.4 is 21.2 Å². The Morgan fingerprint density at radius 2 is 1.69 bits per heavy atom. The highest BCUT2D eigenvalue weighted by Crippen LogP contribution is 2.23. The first-order valence-corrected chi connectivity index (χ1v) is 10.9. The van der Waals surface area contributed by atoms with Gasteiger partial charge in [-0.1, -0.05) is 0 Å². The van der Waals surface area contributed by atoms with E-state index in [-0.39, 0.29) is 23.3 Å². The van der Waals surface area contributed by atoms with Gasteiger partial charge in [0.2, 0.25) is 11.8 Å². The van der Waals surface area contributed by atoms with Gasteiger partial charge >= 0.3 is 5.69 Å². The first kappa shape index (κ1) is 25.0. The predicted octanol–water partition coefficient (Wildman–Crippen LogP) is 1.60. The fraction of sp³-hybridized carbons (Fsp3) is 0.304. The number of fused-ring (bicyclic) bond motifs is 1. The third-order valence-corrected chi connectivity index (χ3v) is 5.64. The quantitative estimate of drug-likeness (QED) is 0.341. The van der Waals surface area contributed by atoms with Gasteiger partial charge in [0.15, 0.2) is 0 Å². The Bertz CT molecular complexity index is 1360. The second-order valence-corrected chi connectivity index (χ2v) is 7.68. The Morgan fingerprint density at radius 1 is 1.06 bits per heavy atom. The van der Waals surface area contributed by atoms with E-state index in [2.05, 4.69) is 4.90 Å². The summed E-state index contributed by atoms with van der Waals surface area (Å²) in [7, 11) is 0. The van der Waals surface area contributed by atoms with E-state index in [4.69, 9.17) is 11.0 Å². The molecular formula is C23H25N7O5. The third kappa shape index (κ3) is 5.14. The molecule has 182 valence electrons. The molecule has 0 bridgehead atoms. The number of aromatic nitrogens is 2. The minimum atomic E-state index is -0.735. The van der Waals surface area contributed by atoms with Crippen LogP contribution in [0.1, 0.15) is 13.8 Å². The van der Waals surface area contributed by atoms with E-state index >= 15 is 0 Å². The van der Waals surface area contributed by atoms with Crippen molar-refractivity contribution >= 4 is 39.9 Å². The zero-order valence-corrected chi connectivity index (χ0v) is 19.4. The fourth-order valence-corrected chi connectivity index (χ4v) is 3.93. The van der Waals surface area contributed by atoms with Crippen LogP contribution >= 0.6 is 0 Å². The molecule has 0 saturated heterocycles. The number of amides is 2. The lowest BCUT2D eigenvalue weighted by molar-refractivity contribution is -0.384. The Labute approximate surface area is 200 Å². The maximum Gasteiger partial charge on any atom is 0.330 e. The number of nitrogens with zero attached hydrogens (tertiary/aromatic N) is 6. The van der Waals surface area contributed by atoms with Crippen LogP contribution in [0, 0.1) is 21.4 Å². The molecule has 12 nitrogen and oxygen atoms in total. The Balaban J connectivity index is 2.02. The van der Waals surface area contributed by atoms with E-state index < -0.39 is 35.5 Å². The van der Waals surface area contributed by atoms with Gasteiger partial charge in [0.25, 0.3) is 5.69 Å². The number of non-ortho nitro benzene ring substituents is 1. The number of nitrogens with two attached hydrogens (primary N) is 1. The maximum absolute atomic E-state index is 13.3. The summed E-state index contributed by atoms with van der Waals surface area (Å²) >= 11 is 0. The van der Waals surface area contributed by atoms with Crippen LogP contribution in [0.5, 0.6) is 0 Å². The zero-order chi connectivity index (χ0) is 25.7. The number of nitriles is 1. The molecule has 2 aromatic carbocycles. The third-order valence-electron chi connectivity index (χ3n) is 5.64. The van der Waals surface area contributed by atoms with Crippen molar-refractivity contribution in [2.24, 2.45) is 5.73 Å². The molecule has 0 atom stereocenters. The molecule has 0 aliphatic carbocycles. The minimum absolute atomic E-state index is 0.156. The summed E-state index contributed by atoms with van der Waals surface area (Å²) in [5.41, 5.74) is 6.23. The van der Waals surface area contributed by atoms with Crippen molar-refractivity contribution in [2.75, 3.05) is 29.4 Å². The summed E-state index contributed by atoms with van der Waals surface area (Å²) in [6.45, 7) is 4.43. The van der Waals surface area contributed by atoms with Gasteiger partial charge in [-0.05, 0) is 44.2 Å². The number of nitro benzene ring substituents is 1. The van der Waals surface area contributed by atoms with E-state index in [0.29, 0.717) is 5.69 Å². The molecule has 2 N–H and O–H groups in total. The number of rotatable bonds is 10. The number of imidazole rings is 1. The molecule has 12 heteroatoms. The molecule has 2 amide bonds. The largest absolute Gasteiger partial charge is 0.372 e. The number of primary amides is 1. The number of carbonyl (C=O) groups excluding carboxylic acids is 2. The van der Waals surface area contributed by atoms with Crippen molar-refractivity contribution in [3.05, 3.63) is 63.1 Å². The molecule has 0 aliphatic rings. The van der Waals surface area contributed by atoms with Crippen LogP contribution in [0.3, 0.4) is 0 Å². The average molecular weight is 479 g/mol. The highest BCUT2D eigenvalue weighted by Gasteiger charge is 2.23. The summed E-state index contributed by atoms with van der Waals surface area (Å²) in [5, 5.41) is 20.3. The van der Waals surface area contributed by atoms with Gasteiger partial charge in [-0.25, -0.2) is 4.79 Å². The Morgan fingerprint density at radius 3 is 2.23 bits per heavy atom. The lowest BCUT2D eigenvalue weighted by Gasteiger charge is -2.24. The molecule has 0 fully saturated rings. The van der Waals surface area contributed by atoms with Gasteiger partial charge in [-0.15, -0.1) is 0 Å². The lowest BCUT2D eigenvalue weighted by atomic mass is 10.2. The van der Waals surface area contributed by atoms with E-state index in [9.17, 15) is 24.5 Å². The number of hydrogen-bond donors (Lipinski definition) is 1. The van der Waals surface area contributed by atoms with Crippen LogP contribution in [0.25, 0.3) is 11.0 Å². The van der Waals surface area contributed by atoms with Crippen LogP contribution in [0.15, 0.2) is 47.3 Å². The summed E-state index contributed by atoms with van der Waals surface area (Å²) in [6, 6.07) is 12.6. The summed E-state index contributed by atoms with van der Waals surface area (Å²) in [4.78, 5) is 51.9. The first-order valence-electron chi connectivity index (χ1n) is 10.9. The van der Waals surface area contributed by atoms with Crippen molar-refractivity contribution < 1.29 is 14.5 Å². The predicted molar refractivity (Wildman–Crippen MR) is 130 cm³/mol. The molecule has 0 radical (unpaired) electrons. The monoisotopic (exact) mass is 479 g/mol. The zero-order valence-electron chi connectivity index (χ0n) is 19.4. The maximum atomic E-state index is 13.3. The molecule has 3 aromatic rings. The van der Waals surface area contributed by atoms with Crippen LogP contribution in [-0.2, 0) is 22.7 Å². The van der Waals surface area contributed by atoms with Crippen molar-refractivity contribution in [3.63, 3.8) is 0 Å². The molecule has 0 spiro atoms. The summed E-state index contributed by atoms with van der Waals surface area (Å²) in [5.74, 6) is -1.32. The summed E-state index contributed by atoms with van der Waals surface area (Å²) in [6.07, 6.45) is 0. The summed E-state index contributed by atoms with van der Waals surface area (Å²) < 4.78 is 2.18. The van der Waals surface area contributed by atoms with Crippen LogP contribution in [0.4, 0.5) is 17.1 Å². The first-order chi connectivity index (χ1) is 16.7. The van der Waals surface area contributed by atoms with Crippen molar-refractivity contribution in [1.82, 2.24) is 9.13 Å². The molecule has 1 heterocycles. The minimum Gasteiger partial charge on any atom is -0.372 e. The number of benzene rings is 2. The van der Waals surface area contributed by atoms with Gasteiger partial charge in [-0.3, -0.25) is 28.8 Å². The molecule has 35 heavy (non-hydrogen) atoms. The van der Waals surface area contributed by atoms with Gasteiger partial charge in [-0.2, -0.15) is 5.26 Å². The molecular weight excluding hydrogens is 454 g/mol. The normalized spacial score (nSPS) is 10.7. The SMILES string of the molecule is CCN(CC)c1ccc(N(CC(N)=O)C(=O)Cn2c(=O)n(CC#N)c3cc([N+](=O)[O-])ccc32)cc1. The van der Waals surface area contributed by atoms with Gasteiger partial charge in [0.05, 0.1) is 22.0 Å². The van der Waals surface area contributed by atoms with Gasteiger partial charge in [0, 0.05) is 36.6 Å². The smallest absolute Gasteiger partial charge is 0.330 e. The lowest BCUT2D eigenvalue weighted by Crippen LogP contribution is -2.41. The van der Waals surface area contributed by atoms with Crippen molar-refractivity contribution in [2.45, 2.75) is 26.9 Å². The molecule has 0 saturated carbocycles. The van der Waals surface area contributed by atoms with Crippen molar-refractivity contribution in [1.29, 1.82) is 5.26 Å². The van der Waals surface area contributed by atoms with Gasteiger partial charge < -0.3 is 15.5 Å². The second-order valence-electron chi connectivity index (χ2n) is 7.68. The topological polar surface area (TPSA) is 160 Å². The van der Waals surface area contributed by atoms with E-state index in [0.717, 1.165) is 27.9 Å². The van der Waals surface area contributed by atoms with E-state index in [1.165, 1.54) is 23.1 Å². The van der Waals surface area contributed by atoms with E-state index in [1.54, 1.807) is 12.1 Å².